The Balaban J connectivity index is 2.64. The Bertz CT molecular complexity index is 749. The predicted molar refractivity (Wildman–Crippen MR) is 68.5 cm³/mol. The van der Waals surface area contributed by atoms with E-state index >= 15 is 0 Å². The minimum absolute atomic E-state index is 0.121. The maximum atomic E-state index is 11.8. The van der Waals surface area contributed by atoms with E-state index in [1.54, 1.807) is 0 Å². The molecule has 0 aliphatic carbocycles. The highest BCUT2D eigenvalue weighted by molar-refractivity contribution is 5.95. The number of rotatable bonds is 3. The summed E-state index contributed by atoms with van der Waals surface area (Å²) in [6.07, 6.45) is 1.24. The Labute approximate surface area is 112 Å². The molecular formula is C12H9N3O5. The average molecular weight is 275 g/mol. The van der Waals surface area contributed by atoms with Crippen LogP contribution in [0.2, 0.25) is 0 Å². The van der Waals surface area contributed by atoms with E-state index in [-0.39, 0.29) is 11.3 Å². The maximum Gasteiger partial charge on any atom is 0.342 e. The van der Waals surface area contributed by atoms with Crippen LogP contribution >= 0.6 is 0 Å². The van der Waals surface area contributed by atoms with E-state index in [0.717, 1.165) is 4.68 Å². The number of non-ortho nitro benzene ring substituents is 1. The second-order valence-corrected chi connectivity index (χ2v) is 3.97. The van der Waals surface area contributed by atoms with Crippen LogP contribution in [-0.4, -0.2) is 25.8 Å². The van der Waals surface area contributed by atoms with Crippen LogP contribution in [-0.2, 0) is 7.05 Å². The summed E-state index contributed by atoms with van der Waals surface area (Å²) in [6, 6.07) is 5.22. The smallest absolute Gasteiger partial charge is 0.342 e. The largest absolute Gasteiger partial charge is 0.477 e. The number of aromatic nitrogens is 2. The zero-order valence-electron chi connectivity index (χ0n) is 10.3. The van der Waals surface area contributed by atoms with Crippen molar-refractivity contribution in [1.29, 1.82) is 0 Å². The third-order valence-electron chi connectivity index (χ3n) is 2.74. The minimum atomic E-state index is -1.37. The van der Waals surface area contributed by atoms with Crippen molar-refractivity contribution in [3.8, 4) is 11.1 Å². The topological polar surface area (TPSA) is 115 Å². The third kappa shape index (κ3) is 2.26. The highest BCUT2D eigenvalue weighted by atomic mass is 16.6. The number of benzene rings is 1. The molecule has 0 amide bonds. The molecule has 2 rings (SSSR count). The lowest BCUT2D eigenvalue weighted by atomic mass is 10.0. The van der Waals surface area contributed by atoms with Crippen LogP contribution < -0.4 is 5.56 Å². The van der Waals surface area contributed by atoms with Crippen LogP contribution in [0.4, 0.5) is 5.69 Å². The Morgan fingerprint density at radius 1 is 1.35 bits per heavy atom. The van der Waals surface area contributed by atoms with Crippen molar-refractivity contribution in [1.82, 2.24) is 9.78 Å². The first-order chi connectivity index (χ1) is 9.41. The molecule has 0 atom stereocenters. The number of aromatic carboxylic acids is 1. The Hall–Kier alpha value is -3.03. The van der Waals surface area contributed by atoms with Crippen molar-refractivity contribution < 1.29 is 14.8 Å². The molecule has 1 N–H and O–H groups in total. The second kappa shape index (κ2) is 4.92. The standard InChI is InChI=1S/C12H9N3O5/c1-14-11(16)10(12(17)18)9(6-13-14)7-2-4-8(5-3-7)15(19)20/h2-6H,1H3,(H,17,18). The summed E-state index contributed by atoms with van der Waals surface area (Å²) in [5.41, 5.74) is -0.791. The SMILES string of the molecule is Cn1ncc(-c2ccc([N+](=O)[O-])cc2)c(C(=O)O)c1=O. The molecule has 8 nitrogen and oxygen atoms in total. The van der Waals surface area contributed by atoms with Gasteiger partial charge in [0.05, 0.1) is 11.1 Å². The molecule has 102 valence electrons. The number of nitrogens with zero attached hydrogens (tertiary/aromatic N) is 3. The van der Waals surface area contributed by atoms with Crippen molar-refractivity contribution in [3.05, 3.63) is 56.5 Å². The zero-order valence-corrected chi connectivity index (χ0v) is 10.3. The molecular weight excluding hydrogens is 266 g/mol. The lowest BCUT2D eigenvalue weighted by Gasteiger charge is -2.06. The van der Waals surface area contributed by atoms with Gasteiger partial charge in [-0.3, -0.25) is 14.9 Å². The Kier molecular flexibility index (Phi) is 3.30. The third-order valence-corrected chi connectivity index (χ3v) is 2.74. The predicted octanol–water partition coefficient (Wildman–Crippen LogP) is 1.05. The molecule has 2 aromatic rings. The quantitative estimate of drug-likeness (QED) is 0.661. The van der Waals surface area contributed by atoms with Crippen molar-refractivity contribution in [2.24, 2.45) is 7.05 Å². The van der Waals surface area contributed by atoms with Gasteiger partial charge in [-0.2, -0.15) is 5.10 Å². The number of aryl methyl sites for hydroxylation is 1. The first-order valence-corrected chi connectivity index (χ1v) is 5.46. The number of carboxylic acid groups (broad SMARTS) is 1. The minimum Gasteiger partial charge on any atom is -0.477 e. The van der Waals surface area contributed by atoms with Gasteiger partial charge >= 0.3 is 5.97 Å². The summed E-state index contributed by atoms with van der Waals surface area (Å²) in [5, 5.41) is 23.5. The molecule has 8 heteroatoms. The van der Waals surface area contributed by atoms with Gasteiger partial charge in [0.1, 0.15) is 5.56 Å². The summed E-state index contributed by atoms with van der Waals surface area (Å²) in [7, 11) is 1.34. The molecule has 0 saturated heterocycles. The van der Waals surface area contributed by atoms with Crippen LogP contribution in [0.15, 0.2) is 35.3 Å². The van der Waals surface area contributed by atoms with Crippen LogP contribution in [0, 0.1) is 10.1 Å². The van der Waals surface area contributed by atoms with Crippen LogP contribution in [0.5, 0.6) is 0 Å². The van der Waals surface area contributed by atoms with E-state index in [9.17, 15) is 19.7 Å². The van der Waals surface area contributed by atoms with Crippen molar-refractivity contribution in [2.45, 2.75) is 0 Å². The molecule has 0 spiro atoms. The molecule has 0 saturated carbocycles. The van der Waals surface area contributed by atoms with Gasteiger partial charge in [0.15, 0.2) is 0 Å². The molecule has 0 radical (unpaired) electrons. The second-order valence-electron chi connectivity index (χ2n) is 3.97. The first kappa shape index (κ1) is 13.4. The van der Waals surface area contributed by atoms with Gasteiger partial charge in [-0.25, -0.2) is 9.48 Å². The zero-order chi connectivity index (χ0) is 14.9. The molecule has 0 aliphatic heterocycles. The fourth-order valence-electron chi connectivity index (χ4n) is 1.73. The van der Waals surface area contributed by atoms with Gasteiger partial charge in [-0.1, -0.05) is 0 Å². The van der Waals surface area contributed by atoms with Crippen molar-refractivity contribution >= 4 is 11.7 Å². The number of hydrogen-bond acceptors (Lipinski definition) is 5. The number of nitro benzene ring substituents is 1. The number of hydrogen-bond donors (Lipinski definition) is 1. The van der Waals surface area contributed by atoms with E-state index in [2.05, 4.69) is 5.10 Å². The van der Waals surface area contributed by atoms with Crippen molar-refractivity contribution in [2.75, 3.05) is 0 Å². The van der Waals surface area contributed by atoms with Crippen LogP contribution in [0.1, 0.15) is 10.4 Å². The molecule has 1 aromatic heterocycles. The van der Waals surface area contributed by atoms with Gasteiger partial charge in [-0.05, 0) is 17.7 Å². The lowest BCUT2D eigenvalue weighted by Crippen LogP contribution is -2.27. The summed E-state index contributed by atoms with van der Waals surface area (Å²) in [6.45, 7) is 0. The van der Waals surface area contributed by atoms with E-state index in [1.165, 1.54) is 37.5 Å². The Morgan fingerprint density at radius 2 is 1.95 bits per heavy atom. The number of carboxylic acids is 1. The van der Waals surface area contributed by atoms with Crippen LogP contribution in [0.3, 0.4) is 0 Å². The molecule has 1 aromatic carbocycles. The first-order valence-electron chi connectivity index (χ1n) is 5.46. The molecule has 0 aliphatic rings. The molecule has 0 bridgehead atoms. The summed E-state index contributed by atoms with van der Waals surface area (Å²) in [5.74, 6) is -1.37. The van der Waals surface area contributed by atoms with Gasteiger partial charge < -0.3 is 5.11 Å². The summed E-state index contributed by atoms with van der Waals surface area (Å²) in [4.78, 5) is 33.0. The number of nitro groups is 1. The maximum absolute atomic E-state index is 11.8. The van der Waals surface area contributed by atoms with Gasteiger partial charge in [0.2, 0.25) is 0 Å². The number of carbonyl (C=O) groups is 1. The normalized spacial score (nSPS) is 10.2. The Morgan fingerprint density at radius 3 is 2.45 bits per heavy atom. The van der Waals surface area contributed by atoms with E-state index in [4.69, 9.17) is 5.11 Å². The average Bonchev–Trinajstić information content (AvgIpc) is 2.41. The van der Waals surface area contributed by atoms with E-state index in [0.29, 0.717) is 5.56 Å². The highest BCUT2D eigenvalue weighted by Gasteiger charge is 2.18. The molecule has 1 heterocycles. The molecule has 0 fully saturated rings. The monoisotopic (exact) mass is 275 g/mol. The molecule has 20 heavy (non-hydrogen) atoms. The van der Waals surface area contributed by atoms with Crippen LogP contribution in [0.25, 0.3) is 11.1 Å². The fourth-order valence-corrected chi connectivity index (χ4v) is 1.73. The van der Waals surface area contributed by atoms with Gasteiger partial charge in [-0.15, -0.1) is 0 Å². The highest BCUT2D eigenvalue weighted by Crippen LogP contribution is 2.23. The van der Waals surface area contributed by atoms with E-state index < -0.39 is 22.0 Å². The summed E-state index contributed by atoms with van der Waals surface area (Å²) >= 11 is 0. The van der Waals surface area contributed by atoms with Crippen molar-refractivity contribution in [3.63, 3.8) is 0 Å². The van der Waals surface area contributed by atoms with E-state index in [1.807, 2.05) is 0 Å². The fraction of sp³-hybridized carbons (Fsp3) is 0.0833. The van der Waals surface area contributed by atoms with Gasteiger partial charge in [0.25, 0.3) is 11.2 Å². The lowest BCUT2D eigenvalue weighted by molar-refractivity contribution is -0.384. The summed E-state index contributed by atoms with van der Waals surface area (Å²) < 4.78 is 0.915. The van der Waals surface area contributed by atoms with Gasteiger partial charge in [0, 0.05) is 24.7 Å². The molecule has 0 unspecified atom stereocenters.